The molecular weight excluding hydrogens is 719 g/mol. The van der Waals surface area contributed by atoms with Crippen LogP contribution < -0.4 is 0 Å². The van der Waals surface area contributed by atoms with Crippen molar-refractivity contribution >= 4 is 43.4 Å². The molecule has 1 aliphatic rings. The standard InChI is InChI=1S/C54H35N5/c1-3-16-35(17-4-1)52-56-53(36-18-5-2-6-19-36)58-54(57-52)43-28-29-49(40-22-10-9-21-39(40)43)59-48-25-12-11-23-41(48)46-33-44-37(32-50(46)59)31-45(47-24-13-14-30-55-47)42-27-26-34-15-7-8-20-38(34)51(42)44/h1-30,32-33,45H,31H2. The monoisotopic (exact) mass is 753 g/mol. The minimum absolute atomic E-state index is 0.139. The third kappa shape index (κ3) is 5.39. The summed E-state index contributed by atoms with van der Waals surface area (Å²) in [7, 11) is 0. The lowest BCUT2D eigenvalue weighted by atomic mass is 9.75. The van der Waals surface area contributed by atoms with E-state index in [0.29, 0.717) is 17.5 Å². The van der Waals surface area contributed by atoms with Crippen LogP contribution in [0.15, 0.2) is 194 Å². The molecule has 0 N–H and O–H groups in total. The van der Waals surface area contributed by atoms with E-state index in [2.05, 4.69) is 150 Å². The Kier molecular flexibility index (Phi) is 7.60. The van der Waals surface area contributed by atoms with Crippen LogP contribution in [0.5, 0.6) is 0 Å². The Morgan fingerprint density at radius 2 is 1.08 bits per heavy atom. The third-order valence-corrected chi connectivity index (χ3v) is 12.1. The van der Waals surface area contributed by atoms with E-state index in [4.69, 9.17) is 19.9 Å². The van der Waals surface area contributed by atoms with E-state index in [9.17, 15) is 0 Å². The second-order valence-corrected chi connectivity index (χ2v) is 15.4. The molecule has 5 heteroatoms. The first-order valence-electron chi connectivity index (χ1n) is 20.2. The maximum Gasteiger partial charge on any atom is 0.164 e. The van der Waals surface area contributed by atoms with E-state index in [1.54, 1.807) is 0 Å². The Morgan fingerprint density at radius 3 is 1.83 bits per heavy atom. The van der Waals surface area contributed by atoms with Gasteiger partial charge >= 0.3 is 0 Å². The lowest BCUT2D eigenvalue weighted by molar-refractivity contribution is 0.766. The van der Waals surface area contributed by atoms with Gasteiger partial charge in [-0.15, -0.1) is 0 Å². The molecule has 0 bridgehead atoms. The average Bonchev–Trinajstić information content (AvgIpc) is 3.63. The largest absolute Gasteiger partial charge is 0.309 e. The summed E-state index contributed by atoms with van der Waals surface area (Å²) in [6, 6.07) is 66.8. The number of aromatic nitrogens is 5. The van der Waals surface area contributed by atoms with Gasteiger partial charge in [0, 0.05) is 50.7 Å². The van der Waals surface area contributed by atoms with Gasteiger partial charge < -0.3 is 4.57 Å². The van der Waals surface area contributed by atoms with Crippen molar-refractivity contribution in [2.75, 3.05) is 0 Å². The lowest BCUT2D eigenvalue weighted by Crippen LogP contribution is -2.14. The summed E-state index contributed by atoms with van der Waals surface area (Å²) < 4.78 is 2.46. The molecule has 1 aliphatic carbocycles. The molecule has 12 rings (SSSR count). The Balaban J connectivity index is 1.10. The minimum atomic E-state index is 0.139. The fourth-order valence-electron chi connectivity index (χ4n) is 9.38. The van der Waals surface area contributed by atoms with Gasteiger partial charge in [-0.1, -0.05) is 146 Å². The fourth-order valence-corrected chi connectivity index (χ4v) is 9.38. The Bertz CT molecular complexity index is 3350. The third-order valence-electron chi connectivity index (χ3n) is 12.1. The van der Waals surface area contributed by atoms with Gasteiger partial charge in [-0.3, -0.25) is 4.98 Å². The smallest absolute Gasteiger partial charge is 0.164 e. The fraction of sp³-hybridized carbons (Fsp3) is 0.0370. The molecule has 1 atom stereocenters. The van der Waals surface area contributed by atoms with Crippen molar-refractivity contribution < 1.29 is 0 Å². The maximum absolute atomic E-state index is 5.13. The van der Waals surface area contributed by atoms with Crippen molar-refractivity contribution in [1.29, 1.82) is 0 Å². The molecule has 0 saturated carbocycles. The molecule has 3 heterocycles. The van der Waals surface area contributed by atoms with E-state index in [-0.39, 0.29) is 5.92 Å². The van der Waals surface area contributed by atoms with Crippen LogP contribution in [0.4, 0.5) is 0 Å². The van der Waals surface area contributed by atoms with Gasteiger partial charge in [-0.2, -0.15) is 0 Å². The highest BCUT2D eigenvalue weighted by molar-refractivity contribution is 6.14. The Labute approximate surface area is 341 Å². The van der Waals surface area contributed by atoms with Crippen LogP contribution in [0.3, 0.4) is 0 Å². The average molecular weight is 754 g/mol. The van der Waals surface area contributed by atoms with Crippen molar-refractivity contribution in [3.05, 3.63) is 211 Å². The van der Waals surface area contributed by atoms with Crippen LogP contribution in [0.25, 0.3) is 94.3 Å². The summed E-state index contributed by atoms with van der Waals surface area (Å²) in [5.41, 5.74) is 12.7. The second kappa shape index (κ2) is 13.4. The molecule has 276 valence electrons. The number of rotatable bonds is 5. The quantitative estimate of drug-likeness (QED) is 0.176. The SMILES string of the molecule is c1ccc(-c2nc(-c3ccccc3)nc(-c3ccc(-n4c5ccccc5c5cc6c(cc54)CC(c4ccccn4)c4ccc5ccccc5c4-6)c4ccccc34)n2)cc1. The number of hydrogen-bond acceptors (Lipinski definition) is 4. The molecule has 0 radical (unpaired) electrons. The van der Waals surface area contributed by atoms with E-state index in [0.717, 1.165) is 45.3 Å². The van der Waals surface area contributed by atoms with Crippen LogP contribution in [0.2, 0.25) is 0 Å². The summed E-state index contributed by atoms with van der Waals surface area (Å²) in [5, 5.41) is 7.19. The molecule has 5 nitrogen and oxygen atoms in total. The van der Waals surface area contributed by atoms with Gasteiger partial charge in [0.1, 0.15) is 0 Å². The normalized spacial score (nSPS) is 13.5. The molecule has 0 spiro atoms. The number of pyridine rings is 1. The van der Waals surface area contributed by atoms with Crippen molar-refractivity contribution in [3.8, 4) is 51.0 Å². The van der Waals surface area contributed by atoms with Crippen LogP contribution in [0.1, 0.15) is 22.7 Å². The van der Waals surface area contributed by atoms with Gasteiger partial charge in [-0.05, 0) is 87.3 Å². The molecule has 8 aromatic carbocycles. The summed E-state index contributed by atoms with van der Waals surface area (Å²) in [6.07, 6.45) is 2.78. The van der Waals surface area contributed by atoms with Crippen LogP contribution in [-0.2, 0) is 6.42 Å². The second-order valence-electron chi connectivity index (χ2n) is 15.4. The first kappa shape index (κ1) is 33.4. The number of benzene rings is 8. The van der Waals surface area contributed by atoms with Crippen LogP contribution >= 0.6 is 0 Å². The van der Waals surface area contributed by atoms with E-state index >= 15 is 0 Å². The highest BCUT2D eigenvalue weighted by Crippen LogP contribution is 2.48. The minimum Gasteiger partial charge on any atom is -0.309 e. The van der Waals surface area contributed by atoms with Crippen LogP contribution in [-0.4, -0.2) is 24.5 Å². The molecule has 59 heavy (non-hydrogen) atoms. The number of hydrogen-bond donors (Lipinski definition) is 0. The summed E-state index contributed by atoms with van der Waals surface area (Å²) in [6.45, 7) is 0. The summed E-state index contributed by atoms with van der Waals surface area (Å²) >= 11 is 0. The predicted molar refractivity (Wildman–Crippen MR) is 241 cm³/mol. The van der Waals surface area contributed by atoms with Gasteiger partial charge in [-0.25, -0.2) is 15.0 Å². The number of nitrogens with zero attached hydrogens (tertiary/aromatic N) is 5. The Morgan fingerprint density at radius 1 is 0.441 bits per heavy atom. The number of para-hydroxylation sites is 1. The van der Waals surface area contributed by atoms with Crippen molar-refractivity contribution in [1.82, 2.24) is 24.5 Å². The zero-order chi connectivity index (χ0) is 38.9. The van der Waals surface area contributed by atoms with E-state index in [1.807, 2.05) is 48.7 Å². The molecule has 0 fully saturated rings. The predicted octanol–water partition coefficient (Wildman–Crippen LogP) is 13.0. The summed E-state index contributed by atoms with van der Waals surface area (Å²) in [4.78, 5) is 20.1. The van der Waals surface area contributed by atoms with Gasteiger partial charge in [0.05, 0.1) is 16.7 Å². The first-order chi connectivity index (χ1) is 29.3. The van der Waals surface area contributed by atoms with Crippen molar-refractivity contribution in [2.45, 2.75) is 12.3 Å². The highest BCUT2D eigenvalue weighted by atomic mass is 15.0. The maximum atomic E-state index is 5.13. The molecule has 1 unspecified atom stereocenters. The molecule has 3 aromatic heterocycles. The topological polar surface area (TPSA) is 56.5 Å². The molecular formula is C54H35N5. The van der Waals surface area contributed by atoms with Crippen molar-refractivity contribution in [2.24, 2.45) is 0 Å². The Hall–Kier alpha value is -7.76. The zero-order valence-electron chi connectivity index (χ0n) is 32.0. The van der Waals surface area contributed by atoms with E-state index in [1.165, 1.54) is 54.8 Å². The van der Waals surface area contributed by atoms with Gasteiger partial charge in [0.2, 0.25) is 0 Å². The van der Waals surface area contributed by atoms with Crippen LogP contribution in [0, 0.1) is 0 Å². The molecule has 0 saturated heterocycles. The molecule has 0 aliphatic heterocycles. The van der Waals surface area contributed by atoms with E-state index < -0.39 is 0 Å². The molecule has 11 aromatic rings. The van der Waals surface area contributed by atoms with Crippen molar-refractivity contribution in [3.63, 3.8) is 0 Å². The number of fused-ring (bicyclic) bond motifs is 9. The molecule has 0 amide bonds. The zero-order valence-corrected chi connectivity index (χ0v) is 32.0. The lowest BCUT2D eigenvalue weighted by Gasteiger charge is -2.29. The first-order valence-corrected chi connectivity index (χ1v) is 20.2. The van der Waals surface area contributed by atoms with Gasteiger partial charge in [0.15, 0.2) is 17.5 Å². The summed E-state index contributed by atoms with van der Waals surface area (Å²) in [5.74, 6) is 2.07. The highest BCUT2D eigenvalue weighted by Gasteiger charge is 2.30. The van der Waals surface area contributed by atoms with Gasteiger partial charge in [0.25, 0.3) is 0 Å².